The second-order valence-corrected chi connectivity index (χ2v) is 17.2. The molecule has 1 amide bonds. The van der Waals surface area contributed by atoms with Gasteiger partial charge in [0.1, 0.15) is 5.76 Å². The SMILES string of the molecule is CC(C)[C@@]1(C)CC1Cc1cccc(C2(C)CCCCC(C)(C)CN(C)C(=O)Cc3c(c(F)cc4[nH]ccc34)OC3=CCNC(=C3)c3nc2nn3C)c1. The Morgan fingerprint density at radius 1 is 1.08 bits per heavy atom. The van der Waals surface area contributed by atoms with Gasteiger partial charge in [-0.2, -0.15) is 5.10 Å². The topological polar surface area (TPSA) is 88.1 Å². The number of likely N-dealkylation sites (N-methyl/N-ethyl adjacent to an activating group) is 1. The van der Waals surface area contributed by atoms with Gasteiger partial charge in [0.2, 0.25) is 5.91 Å². The maximum Gasteiger partial charge on any atom is 0.226 e. The zero-order valence-electron chi connectivity index (χ0n) is 32.2. The summed E-state index contributed by atoms with van der Waals surface area (Å²) in [7, 11) is 3.78. The predicted octanol–water partition coefficient (Wildman–Crippen LogP) is 8.47. The largest absolute Gasteiger partial charge is 0.454 e. The van der Waals surface area contributed by atoms with E-state index in [0.29, 0.717) is 53.0 Å². The first-order chi connectivity index (χ1) is 24.7. The van der Waals surface area contributed by atoms with Crippen molar-refractivity contribution in [3.63, 3.8) is 0 Å². The summed E-state index contributed by atoms with van der Waals surface area (Å²) in [6.07, 6.45) is 11.7. The molecule has 2 N–H and O–H groups in total. The molecule has 2 unspecified atom stereocenters. The fourth-order valence-corrected chi connectivity index (χ4v) is 8.58. The molecule has 2 aromatic carbocycles. The lowest BCUT2D eigenvalue weighted by molar-refractivity contribution is -0.130. The van der Waals surface area contributed by atoms with Crippen LogP contribution in [0.1, 0.15) is 102 Å². The number of nitrogens with zero attached hydrogens (tertiary/aromatic N) is 4. The number of carbonyl (C=O) groups excluding carboxylic acids is 1. The van der Waals surface area contributed by atoms with E-state index < -0.39 is 11.2 Å². The van der Waals surface area contributed by atoms with Gasteiger partial charge in [0, 0.05) is 62.0 Å². The van der Waals surface area contributed by atoms with E-state index >= 15 is 4.39 Å². The number of rotatable bonds is 4. The van der Waals surface area contributed by atoms with Gasteiger partial charge < -0.3 is 19.9 Å². The van der Waals surface area contributed by atoms with E-state index in [1.165, 1.54) is 23.6 Å². The molecule has 1 aliphatic carbocycles. The Hall–Kier alpha value is -4.40. The molecule has 0 saturated heterocycles. The molecule has 0 spiro atoms. The van der Waals surface area contributed by atoms with Crippen molar-refractivity contribution in [3.8, 4) is 5.75 Å². The normalized spacial score (nSPS) is 25.3. The number of benzene rings is 2. The minimum atomic E-state index is -0.518. The molecule has 3 atom stereocenters. The Labute approximate surface area is 307 Å². The van der Waals surface area contributed by atoms with E-state index in [4.69, 9.17) is 14.8 Å². The number of carbonyl (C=O) groups is 1. The van der Waals surface area contributed by atoms with E-state index in [1.807, 2.05) is 37.0 Å². The highest BCUT2D eigenvalue weighted by atomic mass is 19.1. The molecule has 52 heavy (non-hydrogen) atoms. The molecule has 276 valence electrons. The summed E-state index contributed by atoms with van der Waals surface area (Å²) in [6.45, 7) is 14.9. The fraction of sp³-hybridized carbons (Fsp3) is 0.512. The number of hydrogen-bond donors (Lipinski definition) is 2. The molecule has 4 aromatic rings. The van der Waals surface area contributed by atoms with Gasteiger partial charge in [0.05, 0.1) is 17.5 Å². The molecule has 3 aliphatic rings. The molecule has 4 bridgehead atoms. The first kappa shape index (κ1) is 36.0. The molecule has 2 aliphatic heterocycles. The van der Waals surface area contributed by atoms with Gasteiger partial charge in [-0.15, -0.1) is 0 Å². The molecule has 4 heterocycles. The number of dihydropyridines is 1. The van der Waals surface area contributed by atoms with Gasteiger partial charge in [0.25, 0.3) is 0 Å². The Kier molecular flexibility index (Phi) is 9.37. The van der Waals surface area contributed by atoms with Crippen molar-refractivity contribution in [1.82, 2.24) is 30.0 Å². The van der Waals surface area contributed by atoms with Crippen LogP contribution in [0.4, 0.5) is 4.39 Å². The number of hydrogen-bond acceptors (Lipinski definition) is 5. The van der Waals surface area contributed by atoms with Crippen LogP contribution in [-0.4, -0.2) is 50.7 Å². The van der Waals surface area contributed by atoms with Crippen LogP contribution in [0.25, 0.3) is 16.6 Å². The predicted molar refractivity (Wildman–Crippen MR) is 205 cm³/mol. The van der Waals surface area contributed by atoms with Crippen molar-refractivity contribution in [2.75, 3.05) is 20.1 Å². The van der Waals surface area contributed by atoms with Gasteiger partial charge in [-0.1, -0.05) is 71.7 Å². The van der Waals surface area contributed by atoms with Gasteiger partial charge in [-0.25, -0.2) is 14.1 Å². The Morgan fingerprint density at radius 2 is 1.87 bits per heavy atom. The highest BCUT2D eigenvalue weighted by Crippen LogP contribution is 2.58. The second kappa shape index (κ2) is 13.5. The molecule has 1 fully saturated rings. The average Bonchev–Trinajstić information content (AvgIpc) is 3.37. The highest BCUT2D eigenvalue weighted by molar-refractivity contribution is 5.91. The summed E-state index contributed by atoms with van der Waals surface area (Å²) in [5.41, 5.74) is 4.41. The molecule has 7 rings (SSSR count). The number of fused-ring (bicyclic) bond motifs is 7. The quantitative estimate of drug-likeness (QED) is 0.222. The number of amides is 1. The average molecular weight is 707 g/mol. The number of halogens is 1. The van der Waals surface area contributed by atoms with Crippen LogP contribution >= 0.6 is 0 Å². The van der Waals surface area contributed by atoms with E-state index in [-0.39, 0.29) is 23.5 Å². The van der Waals surface area contributed by atoms with Gasteiger partial charge >= 0.3 is 0 Å². The Balaban J connectivity index is 1.28. The van der Waals surface area contributed by atoms with E-state index in [0.717, 1.165) is 49.0 Å². The van der Waals surface area contributed by atoms with Gasteiger partial charge in [-0.05, 0) is 78.5 Å². The fourth-order valence-electron chi connectivity index (χ4n) is 8.58. The van der Waals surface area contributed by atoms with Crippen molar-refractivity contribution in [2.24, 2.45) is 29.7 Å². The molecule has 8 nitrogen and oxygen atoms in total. The summed E-state index contributed by atoms with van der Waals surface area (Å²) in [6, 6.07) is 12.4. The lowest BCUT2D eigenvalue weighted by atomic mass is 9.75. The number of allylic oxidation sites excluding steroid dienone is 1. The van der Waals surface area contributed by atoms with Crippen LogP contribution in [0.2, 0.25) is 0 Å². The number of aromatic nitrogens is 4. The Morgan fingerprint density at radius 3 is 2.63 bits per heavy atom. The van der Waals surface area contributed by atoms with Crippen molar-refractivity contribution in [3.05, 3.63) is 94.7 Å². The molecular formula is C43H55FN6O2. The van der Waals surface area contributed by atoms with Crippen LogP contribution in [0.5, 0.6) is 5.75 Å². The highest BCUT2D eigenvalue weighted by Gasteiger charge is 2.51. The lowest BCUT2D eigenvalue weighted by Crippen LogP contribution is -2.37. The zero-order chi connectivity index (χ0) is 37.0. The minimum Gasteiger partial charge on any atom is -0.454 e. The first-order valence-electron chi connectivity index (χ1n) is 19.0. The van der Waals surface area contributed by atoms with Crippen LogP contribution in [-0.2, 0) is 30.1 Å². The summed E-state index contributed by atoms with van der Waals surface area (Å²) in [5, 5.41) is 9.31. The summed E-state index contributed by atoms with van der Waals surface area (Å²) < 4.78 is 24.0. The van der Waals surface area contributed by atoms with Gasteiger partial charge in [-0.3, -0.25) is 4.79 Å². The van der Waals surface area contributed by atoms with Crippen molar-refractivity contribution in [1.29, 1.82) is 0 Å². The maximum atomic E-state index is 15.8. The van der Waals surface area contributed by atoms with Crippen LogP contribution in [0.15, 0.2) is 60.5 Å². The summed E-state index contributed by atoms with van der Waals surface area (Å²) >= 11 is 0. The van der Waals surface area contributed by atoms with Gasteiger partial charge in [0.15, 0.2) is 23.2 Å². The molecule has 0 radical (unpaired) electrons. The number of ether oxygens (including phenoxy) is 1. The third-order valence-corrected chi connectivity index (χ3v) is 12.5. The third kappa shape index (κ3) is 6.91. The second-order valence-electron chi connectivity index (χ2n) is 17.2. The Bertz CT molecular complexity index is 2050. The van der Waals surface area contributed by atoms with E-state index in [2.05, 4.69) is 76.1 Å². The standard InChI is InChI=1S/C43H55FN6O2/c1-27(2)43(6)25-30(43)21-28-12-11-13-29(20-28)42(5)17-10-9-16-41(3,4)26-49(7)37(51)23-33-32-15-19-45-35(32)24-34(44)38(33)52-31-14-18-46-36(22-31)39-47-40(42)48-50(39)8/h11-15,19-20,22,24,27,30,45-46H,9-10,16-18,21,23,25-26H2,1-8H3/t30?,42?,43-/m1/s1. The smallest absolute Gasteiger partial charge is 0.226 e. The summed E-state index contributed by atoms with van der Waals surface area (Å²) in [4.78, 5) is 23.9. The maximum absolute atomic E-state index is 15.8. The molecular weight excluding hydrogens is 652 g/mol. The molecule has 9 heteroatoms. The summed E-state index contributed by atoms with van der Waals surface area (Å²) in [5.74, 6) is 2.82. The number of H-pyrrole nitrogens is 1. The van der Waals surface area contributed by atoms with Crippen molar-refractivity contribution < 1.29 is 13.9 Å². The molecule has 1 saturated carbocycles. The van der Waals surface area contributed by atoms with E-state index in [1.54, 1.807) is 11.1 Å². The van der Waals surface area contributed by atoms with E-state index in [9.17, 15) is 4.79 Å². The third-order valence-electron chi connectivity index (χ3n) is 12.5. The number of nitrogens with one attached hydrogen (secondary N) is 2. The van der Waals surface area contributed by atoms with Crippen molar-refractivity contribution >= 4 is 22.5 Å². The number of aryl methyl sites for hydroxylation is 1. The van der Waals surface area contributed by atoms with Crippen LogP contribution < -0.4 is 10.1 Å². The minimum absolute atomic E-state index is 0.0254. The molecule has 2 aromatic heterocycles. The monoisotopic (exact) mass is 706 g/mol. The first-order valence-corrected chi connectivity index (χ1v) is 19.0. The van der Waals surface area contributed by atoms with Crippen LogP contribution in [0.3, 0.4) is 0 Å². The van der Waals surface area contributed by atoms with Crippen molar-refractivity contribution in [2.45, 2.75) is 91.9 Å². The number of aromatic amines is 1. The lowest BCUT2D eigenvalue weighted by Gasteiger charge is -2.32. The van der Waals surface area contributed by atoms with Crippen LogP contribution in [0, 0.1) is 28.5 Å². The zero-order valence-corrected chi connectivity index (χ0v) is 32.2.